The summed E-state index contributed by atoms with van der Waals surface area (Å²) >= 11 is 6.03. The molecule has 30 heavy (non-hydrogen) atoms. The summed E-state index contributed by atoms with van der Waals surface area (Å²) in [6.45, 7) is 1.91. The van der Waals surface area contributed by atoms with E-state index >= 15 is 0 Å². The molecule has 0 saturated carbocycles. The van der Waals surface area contributed by atoms with Crippen LogP contribution in [0.25, 0.3) is 0 Å². The molecule has 2 unspecified atom stereocenters. The van der Waals surface area contributed by atoms with E-state index < -0.39 is 9.84 Å². The van der Waals surface area contributed by atoms with E-state index in [0.29, 0.717) is 23.8 Å². The first-order valence-corrected chi connectivity index (χ1v) is 12.9. The third-order valence-electron chi connectivity index (χ3n) is 5.93. The first kappa shape index (κ1) is 25.2. The number of fused-ring (bicyclic) bond motifs is 1. The SMILES string of the molecule is CCCS(=O)(=O)CCCCc1ccc2c(c1)C(Cc1ccc(Cl)cc1)C(N)CC2.Cl. The molecule has 0 saturated heterocycles. The Morgan fingerprint density at radius 1 is 1.03 bits per heavy atom. The lowest BCUT2D eigenvalue weighted by Gasteiger charge is -2.32. The van der Waals surface area contributed by atoms with E-state index in [4.69, 9.17) is 17.3 Å². The molecule has 0 bridgehead atoms. The van der Waals surface area contributed by atoms with Gasteiger partial charge in [-0.05, 0) is 79.3 Å². The summed E-state index contributed by atoms with van der Waals surface area (Å²) < 4.78 is 23.8. The molecule has 1 aliphatic rings. The van der Waals surface area contributed by atoms with Crippen LogP contribution in [0.1, 0.15) is 60.8 Å². The Morgan fingerprint density at radius 2 is 1.73 bits per heavy atom. The molecule has 166 valence electrons. The summed E-state index contributed by atoms with van der Waals surface area (Å²) in [5.41, 5.74) is 11.8. The van der Waals surface area contributed by atoms with Gasteiger partial charge < -0.3 is 5.73 Å². The molecule has 2 atom stereocenters. The largest absolute Gasteiger partial charge is 0.327 e. The van der Waals surface area contributed by atoms with Crippen LogP contribution in [-0.2, 0) is 29.1 Å². The number of unbranched alkanes of at least 4 members (excludes halogenated alkanes) is 1. The molecule has 2 aromatic carbocycles. The van der Waals surface area contributed by atoms with Gasteiger partial charge in [-0.15, -0.1) is 12.4 Å². The number of halogens is 2. The second-order valence-corrected chi connectivity index (χ2v) is 11.0. The lowest BCUT2D eigenvalue weighted by molar-refractivity contribution is 0.467. The fourth-order valence-electron chi connectivity index (χ4n) is 4.33. The number of nitrogens with two attached hydrogens (primary N) is 1. The number of hydrogen-bond acceptors (Lipinski definition) is 3. The summed E-state index contributed by atoms with van der Waals surface area (Å²) in [6.07, 6.45) is 6.20. The second-order valence-electron chi connectivity index (χ2n) is 8.28. The normalized spacial score (nSPS) is 18.5. The van der Waals surface area contributed by atoms with Crippen molar-refractivity contribution >= 4 is 33.8 Å². The van der Waals surface area contributed by atoms with E-state index in [1.54, 1.807) is 0 Å². The molecule has 3 rings (SSSR count). The first-order chi connectivity index (χ1) is 13.9. The maximum absolute atomic E-state index is 11.9. The van der Waals surface area contributed by atoms with Gasteiger partial charge in [-0.25, -0.2) is 8.42 Å². The molecule has 0 aliphatic heterocycles. The molecule has 3 nitrogen and oxygen atoms in total. The highest BCUT2D eigenvalue weighted by Crippen LogP contribution is 2.34. The Balaban J connectivity index is 0.00000320. The van der Waals surface area contributed by atoms with Gasteiger partial charge >= 0.3 is 0 Å². The van der Waals surface area contributed by atoms with Gasteiger partial charge in [-0.1, -0.05) is 48.9 Å². The Hall–Kier alpha value is -1.07. The second kappa shape index (κ2) is 11.5. The number of aryl methyl sites for hydroxylation is 2. The van der Waals surface area contributed by atoms with Crippen LogP contribution in [0, 0.1) is 0 Å². The quantitative estimate of drug-likeness (QED) is 0.492. The zero-order valence-electron chi connectivity index (χ0n) is 17.6. The molecular weight excluding hydrogens is 437 g/mol. The number of hydrogen-bond donors (Lipinski definition) is 1. The minimum absolute atomic E-state index is 0. The number of sulfone groups is 1. The van der Waals surface area contributed by atoms with Gasteiger partial charge in [0.15, 0.2) is 0 Å². The van der Waals surface area contributed by atoms with Crippen LogP contribution in [0.15, 0.2) is 42.5 Å². The maximum Gasteiger partial charge on any atom is 0.150 e. The summed E-state index contributed by atoms with van der Waals surface area (Å²) in [5.74, 6) is 0.913. The zero-order valence-corrected chi connectivity index (χ0v) is 20.0. The van der Waals surface area contributed by atoms with Gasteiger partial charge in [0.05, 0.1) is 5.75 Å². The van der Waals surface area contributed by atoms with Crippen LogP contribution in [-0.4, -0.2) is 26.0 Å². The molecule has 2 N–H and O–H groups in total. The van der Waals surface area contributed by atoms with Crippen molar-refractivity contribution in [2.24, 2.45) is 5.73 Å². The average molecular weight is 471 g/mol. The van der Waals surface area contributed by atoms with Crippen LogP contribution < -0.4 is 5.73 Å². The molecule has 2 aromatic rings. The molecule has 1 aliphatic carbocycles. The van der Waals surface area contributed by atoms with Gasteiger partial charge in [0.1, 0.15) is 9.84 Å². The third-order valence-corrected chi connectivity index (χ3v) is 8.12. The van der Waals surface area contributed by atoms with E-state index in [-0.39, 0.29) is 18.4 Å². The minimum atomic E-state index is -2.88. The van der Waals surface area contributed by atoms with E-state index in [2.05, 4.69) is 30.3 Å². The fraction of sp³-hybridized carbons (Fsp3) is 0.500. The van der Waals surface area contributed by atoms with Crippen LogP contribution in [0.2, 0.25) is 5.02 Å². The molecular formula is C24H33Cl2NO2S. The Bertz CT molecular complexity index is 913. The smallest absolute Gasteiger partial charge is 0.150 e. The summed E-state index contributed by atoms with van der Waals surface area (Å²) in [6, 6.07) is 15.0. The zero-order chi connectivity index (χ0) is 20.9. The summed E-state index contributed by atoms with van der Waals surface area (Å²) in [7, 11) is -2.88. The van der Waals surface area contributed by atoms with Crippen molar-refractivity contribution in [3.63, 3.8) is 0 Å². The van der Waals surface area contributed by atoms with Crippen molar-refractivity contribution in [1.29, 1.82) is 0 Å². The van der Waals surface area contributed by atoms with Crippen molar-refractivity contribution in [2.75, 3.05) is 11.5 Å². The van der Waals surface area contributed by atoms with Crippen LogP contribution in [0.3, 0.4) is 0 Å². The molecule has 0 heterocycles. The van der Waals surface area contributed by atoms with E-state index in [1.807, 2.05) is 19.1 Å². The van der Waals surface area contributed by atoms with E-state index in [0.717, 1.165) is 43.5 Å². The Kier molecular flexibility index (Phi) is 9.67. The van der Waals surface area contributed by atoms with Gasteiger partial charge in [-0.3, -0.25) is 0 Å². The average Bonchev–Trinajstić information content (AvgIpc) is 2.69. The minimum Gasteiger partial charge on any atom is -0.327 e. The lowest BCUT2D eigenvalue weighted by atomic mass is 9.76. The topological polar surface area (TPSA) is 60.2 Å². The fourth-order valence-corrected chi connectivity index (χ4v) is 5.92. The van der Waals surface area contributed by atoms with Crippen LogP contribution in [0.4, 0.5) is 0 Å². The summed E-state index contributed by atoms with van der Waals surface area (Å²) in [5, 5.41) is 0.755. The highest BCUT2D eigenvalue weighted by molar-refractivity contribution is 7.91. The van der Waals surface area contributed by atoms with Crippen molar-refractivity contribution in [2.45, 2.75) is 63.8 Å². The lowest BCUT2D eigenvalue weighted by Crippen LogP contribution is -2.34. The van der Waals surface area contributed by atoms with Crippen LogP contribution in [0.5, 0.6) is 0 Å². The summed E-state index contributed by atoms with van der Waals surface area (Å²) in [4.78, 5) is 0. The first-order valence-electron chi connectivity index (χ1n) is 10.7. The van der Waals surface area contributed by atoms with E-state index in [9.17, 15) is 8.42 Å². The van der Waals surface area contributed by atoms with Crippen molar-refractivity contribution in [3.8, 4) is 0 Å². The third kappa shape index (κ3) is 6.98. The molecule has 0 radical (unpaired) electrons. The Morgan fingerprint density at radius 3 is 2.43 bits per heavy atom. The molecule has 0 fully saturated rings. The van der Waals surface area contributed by atoms with Crippen molar-refractivity contribution in [3.05, 3.63) is 69.7 Å². The molecule has 6 heteroatoms. The monoisotopic (exact) mass is 469 g/mol. The van der Waals surface area contributed by atoms with Gasteiger partial charge in [0.25, 0.3) is 0 Å². The van der Waals surface area contributed by atoms with E-state index in [1.165, 1.54) is 22.3 Å². The Labute approximate surface area is 192 Å². The highest BCUT2D eigenvalue weighted by Gasteiger charge is 2.27. The predicted molar refractivity (Wildman–Crippen MR) is 130 cm³/mol. The highest BCUT2D eigenvalue weighted by atomic mass is 35.5. The predicted octanol–water partition coefficient (Wildman–Crippen LogP) is 5.51. The van der Waals surface area contributed by atoms with Crippen LogP contribution >= 0.6 is 24.0 Å². The van der Waals surface area contributed by atoms with Gasteiger partial charge in [-0.2, -0.15) is 0 Å². The molecule has 0 spiro atoms. The standard InChI is InChI=1S/C24H32ClNO2S.ClH/c1-2-14-29(27,28)15-4-3-5-18-6-9-20-10-13-24(26)23(22(20)16-18)17-19-7-11-21(25)12-8-19;/h6-9,11-12,16,23-24H,2-5,10,13-15,17,26H2,1H3;1H. The molecule has 0 amide bonds. The van der Waals surface area contributed by atoms with Crippen molar-refractivity contribution < 1.29 is 8.42 Å². The maximum atomic E-state index is 11.9. The van der Waals surface area contributed by atoms with Crippen molar-refractivity contribution in [1.82, 2.24) is 0 Å². The number of benzene rings is 2. The van der Waals surface area contributed by atoms with Gasteiger partial charge in [0, 0.05) is 22.7 Å². The molecule has 0 aromatic heterocycles. The number of rotatable bonds is 9. The van der Waals surface area contributed by atoms with Gasteiger partial charge in [0.2, 0.25) is 0 Å².